The quantitative estimate of drug-likeness (QED) is 0.595. The molecule has 3 heterocycles. The molecule has 3 aromatic heterocycles. The summed E-state index contributed by atoms with van der Waals surface area (Å²) in [6, 6.07) is 11.4. The molecule has 1 aliphatic carbocycles. The number of rotatable bonds is 6. The van der Waals surface area contributed by atoms with Crippen LogP contribution in [0.4, 0.5) is 0 Å². The summed E-state index contributed by atoms with van der Waals surface area (Å²) in [6.45, 7) is 0. The van der Waals surface area contributed by atoms with Crippen molar-refractivity contribution in [3.63, 3.8) is 0 Å². The standard InChI is InChI=1S/C22H24N4OS/c1-28-21-9-7-19(24-15-21)13-17-5-4-16(11-17)12-18-6-8-20(14-23-18)26-22(27)3-2-10-25-26/h2-3,6-10,14-17H,4-5,11-13H2,1H3/t16-,17-/m0/s1. The third-order valence-corrected chi connectivity index (χ3v) is 6.16. The van der Waals surface area contributed by atoms with Crippen LogP contribution in [0, 0.1) is 11.8 Å². The molecule has 0 saturated heterocycles. The van der Waals surface area contributed by atoms with Crippen LogP contribution in [-0.2, 0) is 12.8 Å². The number of hydrogen-bond donors (Lipinski definition) is 0. The molecule has 6 heteroatoms. The van der Waals surface area contributed by atoms with Crippen molar-refractivity contribution >= 4 is 11.8 Å². The molecule has 0 bridgehead atoms. The predicted molar refractivity (Wildman–Crippen MR) is 112 cm³/mol. The third kappa shape index (κ3) is 4.50. The van der Waals surface area contributed by atoms with E-state index in [0.717, 1.165) is 18.5 Å². The zero-order valence-corrected chi connectivity index (χ0v) is 16.8. The molecule has 1 saturated carbocycles. The average molecular weight is 393 g/mol. The lowest BCUT2D eigenvalue weighted by atomic mass is 9.97. The van der Waals surface area contributed by atoms with Crippen molar-refractivity contribution in [2.75, 3.05) is 6.26 Å². The molecule has 0 aliphatic heterocycles. The fraction of sp³-hybridized carbons (Fsp3) is 0.364. The van der Waals surface area contributed by atoms with Gasteiger partial charge in [-0.1, -0.05) is 0 Å². The van der Waals surface area contributed by atoms with E-state index in [1.807, 2.05) is 18.3 Å². The molecule has 0 aromatic carbocycles. The Morgan fingerprint density at radius 3 is 2.29 bits per heavy atom. The van der Waals surface area contributed by atoms with Crippen LogP contribution in [0.2, 0.25) is 0 Å². The van der Waals surface area contributed by atoms with Gasteiger partial charge in [-0.15, -0.1) is 11.8 Å². The fourth-order valence-electron chi connectivity index (χ4n) is 4.01. The van der Waals surface area contributed by atoms with Crippen LogP contribution in [0.25, 0.3) is 5.69 Å². The molecule has 5 nitrogen and oxygen atoms in total. The Bertz CT molecular complexity index is 969. The minimum atomic E-state index is -0.144. The highest BCUT2D eigenvalue weighted by atomic mass is 32.2. The normalized spacial score (nSPS) is 19.0. The summed E-state index contributed by atoms with van der Waals surface area (Å²) in [7, 11) is 0. The minimum Gasteiger partial charge on any atom is -0.267 e. The molecule has 2 atom stereocenters. The van der Waals surface area contributed by atoms with Gasteiger partial charge in [0.25, 0.3) is 5.56 Å². The minimum absolute atomic E-state index is 0.144. The second-order valence-electron chi connectivity index (χ2n) is 7.42. The summed E-state index contributed by atoms with van der Waals surface area (Å²) in [4.78, 5) is 22.3. The molecule has 0 radical (unpaired) electrons. The first-order valence-corrected chi connectivity index (χ1v) is 10.9. The second-order valence-corrected chi connectivity index (χ2v) is 8.30. The molecular formula is C22H24N4OS. The van der Waals surface area contributed by atoms with Gasteiger partial charge in [0.1, 0.15) is 0 Å². The summed E-state index contributed by atoms with van der Waals surface area (Å²) < 4.78 is 1.37. The highest BCUT2D eigenvalue weighted by Crippen LogP contribution is 2.35. The molecule has 144 valence electrons. The maximum absolute atomic E-state index is 11.9. The Kier molecular flexibility index (Phi) is 5.86. The maximum Gasteiger partial charge on any atom is 0.271 e. The van der Waals surface area contributed by atoms with E-state index in [4.69, 9.17) is 0 Å². The van der Waals surface area contributed by atoms with Crippen molar-refractivity contribution in [2.45, 2.75) is 37.0 Å². The highest BCUT2D eigenvalue weighted by molar-refractivity contribution is 7.98. The Hall–Kier alpha value is -2.47. The van der Waals surface area contributed by atoms with Gasteiger partial charge in [0, 0.05) is 34.7 Å². The van der Waals surface area contributed by atoms with Crippen molar-refractivity contribution in [2.24, 2.45) is 11.8 Å². The van der Waals surface area contributed by atoms with Gasteiger partial charge in [0.2, 0.25) is 0 Å². The Morgan fingerprint density at radius 1 is 1.00 bits per heavy atom. The summed E-state index contributed by atoms with van der Waals surface area (Å²) in [5, 5.41) is 4.10. The zero-order valence-electron chi connectivity index (χ0n) is 16.0. The fourth-order valence-corrected chi connectivity index (χ4v) is 4.37. The van der Waals surface area contributed by atoms with Gasteiger partial charge < -0.3 is 0 Å². The molecule has 1 aliphatic rings. The number of aromatic nitrogens is 4. The summed E-state index contributed by atoms with van der Waals surface area (Å²) in [6.07, 6.45) is 13.2. The number of pyridine rings is 2. The molecule has 1 fully saturated rings. The molecule has 0 unspecified atom stereocenters. The molecule has 0 spiro atoms. The van der Waals surface area contributed by atoms with E-state index in [9.17, 15) is 4.79 Å². The molecular weight excluding hydrogens is 368 g/mol. The Morgan fingerprint density at radius 2 is 1.71 bits per heavy atom. The third-order valence-electron chi connectivity index (χ3n) is 5.45. The van der Waals surface area contributed by atoms with Crippen LogP contribution in [0.1, 0.15) is 30.7 Å². The molecule has 3 aromatic rings. The van der Waals surface area contributed by atoms with Crippen LogP contribution in [0.15, 0.2) is 64.7 Å². The SMILES string of the molecule is CSc1ccc(C[C@H]2CC[C@H](Cc3ccc(-n4ncccc4=O)cn3)C2)nc1. The van der Waals surface area contributed by atoms with Crippen molar-refractivity contribution in [3.05, 3.63) is 76.7 Å². The molecule has 28 heavy (non-hydrogen) atoms. The Labute approximate surface area is 169 Å². The van der Waals surface area contributed by atoms with Crippen LogP contribution < -0.4 is 5.56 Å². The van der Waals surface area contributed by atoms with Gasteiger partial charge in [-0.05, 0) is 80.5 Å². The first kappa shape index (κ1) is 18.9. The molecule has 0 amide bonds. The van der Waals surface area contributed by atoms with E-state index in [-0.39, 0.29) is 5.56 Å². The lowest BCUT2D eigenvalue weighted by molar-refractivity contribution is 0.480. The van der Waals surface area contributed by atoms with Gasteiger partial charge >= 0.3 is 0 Å². The number of nitrogens with zero attached hydrogens (tertiary/aromatic N) is 4. The summed E-state index contributed by atoms with van der Waals surface area (Å²) >= 11 is 1.73. The Balaban J connectivity index is 1.34. The van der Waals surface area contributed by atoms with E-state index in [0.29, 0.717) is 17.5 Å². The maximum atomic E-state index is 11.9. The van der Waals surface area contributed by atoms with Crippen LogP contribution in [0.5, 0.6) is 0 Å². The van der Waals surface area contributed by atoms with Crippen molar-refractivity contribution in [1.29, 1.82) is 0 Å². The lowest BCUT2D eigenvalue weighted by Crippen LogP contribution is -2.19. The van der Waals surface area contributed by atoms with Crippen molar-refractivity contribution in [1.82, 2.24) is 19.7 Å². The first-order valence-electron chi connectivity index (χ1n) is 9.70. The van der Waals surface area contributed by atoms with Crippen LogP contribution in [-0.4, -0.2) is 26.0 Å². The monoisotopic (exact) mass is 392 g/mol. The van der Waals surface area contributed by atoms with Crippen molar-refractivity contribution < 1.29 is 0 Å². The second kappa shape index (κ2) is 8.69. The van der Waals surface area contributed by atoms with Gasteiger partial charge in [0.05, 0.1) is 11.9 Å². The van der Waals surface area contributed by atoms with E-state index in [1.54, 1.807) is 30.2 Å². The van der Waals surface area contributed by atoms with E-state index in [1.165, 1.54) is 40.6 Å². The van der Waals surface area contributed by atoms with E-state index in [2.05, 4.69) is 33.5 Å². The first-order chi connectivity index (χ1) is 13.7. The summed E-state index contributed by atoms with van der Waals surface area (Å²) in [5.41, 5.74) is 2.85. The van der Waals surface area contributed by atoms with Crippen LogP contribution in [0.3, 0.4) is 0 Å². The van der Waals surface area contributed by atoms with Gasteiger partial charge in [0.15, 0.2) is 0 Å². The topological polar surface area (TPSA) is 60.7 Å². The highest BCUT2D eigenvalue weighted by Gasteiger charge is 2.25. The van der Waals surface area contributed by atoms with E-state index >= 15 is 0 Å². The van der Waals surface area contributed by atoms with Gasteiger partial charge in [-0.3, -0.25) is 14.8 Å². The largest absolute Gasteiger partial charge is 0.271 e. The summed E-state index contributed by atoms with van der Waals surface area (Å²) in [5.74, 6) is 1.38. The zero-order chi connectivity index (χ0) is 19.3. The predicted octanol–water partition coefficient (Wildman–Crippen LogP) is 3.95. The van der Waals surface area contributed by atoms with Crippen LogP contribution >= 0.6 is 11.8 Å². The van der Waals surface area contributed by atoms with Gasteiger partial charge in [-0.2, -0.15) is 9.78 Å². The van der Waals surface area contributed by atoms with Crippen molar-refractivity contribution in [3.8, 4) is 5.69 Å². The smallest absolute Gasteiger partial charge is 0.267 e. The number of thioether (sulfide) groups is 1. The lowest BCUT2D eigenvalue weighted by Gasteiger charge is -2.12. The van der Waals surface area contributed by atoms with E-state index < -0.39 is 0 Å². The number of hydrogen-bond acceptors (Lipinski definition) is 5. The van der Waals surface area contributed by atoms with Gasteiger partial charge in [-0.25, -0.2) is 0 Å². The molecule has 4 rings (SSSR count). The molecule has 0 N–H and O–H groups in total. The average Bonchev–Trinajstić information content (AvgIpc) is 3.16.